The van der Waals surface area contributed by atoms with Crippen molar-refractivity contribution < 1.29 is 0 Å². The molecule has 1 saturated heterocycles. The van der Waals surface area contributed by atoms with E-state index in [1.165, 1.54) is 50.3 Å². The number of hydrogen-bond donors (Lipinski definition) is 3. The van der Waals surface area contributed by atoms with E-state index in [0.717, 1.165) is 54.7 Å². The number of anilines is 2. The molecule has 37 heavy (non-hydrogen) atoms. The number of aromatic nitrogens is 5. The monoisotopic (exact) mass is 497 g/mol. The highest BCUT2D eigenvalue weighted by atomic mass is 15.4. The molecule has 1 saturated carbocycles. The lowest BCUT2D eigenvalue weighted by Crippen LogP contribution is -2.29. The third-order valence-electron chi connectivity index (χ3n) is 7.75. The van der Waals surface area contributed by atoms with E-state index >= 15 is 0 Å². The minimum absolute atomic E-state index is 0.519. The van der Waals surface area contributed by atoms with Gasteiger partial charge in [0.2, 0.25) is 0 Å². The van der Waals surface area contributed by atoms with Gasteiger partial charge in [-0.05, 0) is 68.3 Å². The topological polar surface area (TPSA) is 113 Å². The molecular weight excluding hydrogens is 462 g/mol. The van der Waals surface area contributed by atoms with Gasteiger partial charge in [0.15, 0.2) is 0 Å². The number of rotatable bonds is 9. The molecule has 3 aromatic heterocycles. The maximum atomic E-state index is 7.94. The van der Waals surface area contributed by atoms with Gasteiger partial charge in [-0.1, -0.05) is 17.7 Å². The van der Waals surface area contributed by atoms with E-state index in [2.05, 4.69) is 55.5 Å². The van der Waals surface area contributed by atoms with E-state index in [-0.39, 0.29) is 0 Å². The Morgan fingerprint density at radius 1 is 1.05 bits per heavy atom. The van der Waals surface area contributed by atoms with Crippen LogP contribution in [-0.4, -0.2) is 50.2 Å². The summed E-state index contributed by atoms with van der Waals surface area (Å²) >= 11 is 0. The predicted octanol–water partition coefficient (Wildman–Crippen LogP) is 4.10. The number of imidazole rings is 1. The van der Waals surface area contributed by atoms with E-state index in [0.29, 0.717) is 23.5 Å². The van der Waals surface area contributed by atoms with Gasteiger partial charge >= 0.3 is 0 Å². The van der Waals surface area contributed by atoms with Gasteiger partial charge in [0.05, 0.1) is 18.4 Å². The van der Waals surface area contributed by atoms with E-state index in [9.17, 15) is 0 Å². The van der Waals surface area contributed by atoms with Crippen molar-refractivity contribution >= 4 is 23.2 Å². The molecule has 4 aromatic rings. The number of benzene rings is 1. The highest BCUT2D eigenvalue weighted by Gasteiger charge is 2.18. The summed E-state index contributed by atoms with van der Waals surface area (Å²) in [5.74, 6) is 0.856. The van der Waals surface area contributed by atoms with Crippen molar-refractivity contribution in [2.24, 2.45) is 5.92 Å². The van der Waals surface area contributed by atoms with Gasteiger partial charge in [-0.3, -0.25) is 0 Å². The van der Waals surface area contributed by atoms with Crippen molar-refractivity contribution in [3.05, 3.63) is 59.7 Å². The number of nitrogens with zero attached hydrogens (tertiary/aromatic N) is 6. The largest absolute Gasteiger partial charge is 0.398 e. The van der Waals surface area contributed by atoms with Gasteiger partial charge in [0, 0.05) is 60.7 Å². The number of nitrogen functional groups attached to an aromatic ring is 1. The number of fused-ring (bicyclic) bond motifs is 1. The number of nitrogens with two attached hydrogens (primary N) is 1. The molecule has 4 N–H and O–H groups in total. The maximum absolute atomic E-state index is 7.94. The fourth-order valence-electron chi connectivity index (χ4n) is 5.42. The Morgan fingerprint density at radius 2 is 1.92 bits per heavy atom. The molecule has 0 spiro atoms. The molecule has 1 aromatic carbocycles. The van der Waals surface area contributed by atoms with Gasteiger partial charge in [0.1, 0.15) is 11.3 Å². The molecule has 192 valence electrons. The highest BCUT2D eigenvalue weighted by molar-refractivity contribution is 5.96. The van der Waals surface area contributed by atoms with Gasteiger partial charge in [-0.15, -0.1) is 5.10 Å². The zero-order valence-corrected chi connectivity index (χ0v) is 21.2. The number of pyridine rings is 1. The summed E-state index contributed by atoms with van der Waals surface area (Å²) in [5, 5.41) is 20.3. The third-order valence-corrected chi connectivity index (χ3v) is 7.75. The summed E-state index contributed by atoms with van der Waals surface area (Å²) < 4.78 is 3.89. The summed E-state index contributed by atoms with van der Waals surface area (Å²) in [6.45, 7) is 4.56. The molecule has 0 unspecified atom stereocenters. The number of hydrogen-bond acceptors (Lipinski definition) is 7. The smallest absolute Gasteiger partial charge is 0.137 e. The van der Waals surface area contributed by atoms with Crippen LogP contribution in [0.15, 0.2) is 42.9 Å². The Balaban J connectivity index is 1.19. The van der Waals surface area contributed by atoms with Gasteiger partial charge in [-0.2, -0.15) is 0 Å². The standard InChI is InChI=1S/C28H35N9/c29-13-25-24(11-23(12-26(25)30)35-9-2-1-3-10-35)27-19-37(34-33-27)18-22-17-36-16-21(7-8-28(36)32-22)15-31-14-20-5-4-6-20/h7-8,11-13,16-17,19-20,29,31H,1-6,9-10,14-15,18,30H2. The molecule has 0 radical (unpaired) electrons. The second-order valence-corrected chi connectivity index (χ2v) is 10.5. The van der Waals surface area contributed by atoms with E-state index in [1.54, 1.807) is 4.68 Å². The molecule has 9 nitrogen and oxygen atoms in total. The molecule has 6 rings (SSSR count). The van der Waals surface area contributed by atoms with Crippen molar-refractivity contribution in [2.75, 3.05) is 30.3 Å². The van der Waals surface area contributed by atoms with Crippen LogP contribution in [0.2, 0.25) is 0 Å². The first-order valence-electron chi connectivity index (χ1n) is 13.4. The van der Waals surface area contributed by atoms with Gasteiger partial charge in [0.25, 0.3) is 0 Å². The van der Waals surface area contributed by atoms with Crippen LogP contribution in [0, 0.1) is 11.3 Å². The molecule has 0 amide bonds. The summed E-state index contributed by atoms with van der Waals surface area (Å²) in [5.41, 5.74) is 13.4. The molecule has 0 bridgehead atoms. The first-order chi connectivity index (χ1) is 18.2. The highest BCUT2D eigenvalue weighted by Crippen LogP contribution is 2.32. The van der Waals surface area contributed by atoms with Crippen molar-refractivity contribution in [1.29, 1.82) is 5.41 Å². The van der Waals surface area contributed by atoms with E-state index in [4.69, 9.17) is 16.1 Å². The average Bonchev–Trinajstić information content (AvgIpc) is 3.52. The summed E-state index contributed by atoms with van der Waals surface area (Å²) in [6.07, 6.45) is 15.2. The zero-order valence-electron chi connectivity index (χ0n) is 21.2. The van der Waals surface area contributed by atoms with Crippen molar-refractivity contribution in [2.45, 2.75) is 51.6 Å². The second kappa shape index (κ2) is 10.3. The quantitative estimate of drug-likeness (QED) is 0.237. The first-order valence-corrected chi connectivity index (χ1v) is 13.4. The maximum Gasteiger partial charge on any atom is 0.137 e. The summed E-state index contributed by atoms with van der Waals surface area (Å²) in [4.78, 5) is 7.15. The molecule has 9 heteroatoms. The van der Waals surface area contributed by atoms with E-state index in [1.807, 2.05) is 12.3 Å². The Hall–Kier alpha value is -3.72. The molecule has 2 fully saturated rings. The summed E-state index contributed by atoms with van der Waals surface area (Å²) in [7, 11) is 0. The first kappa shape index (κ1) is 23.7. The van der Waals surface area contributed by atoms with Crippen LogP contribution < -0.4 is 16.0 Å². The number of nitrogens with one attached hydrogen (secondary N) is 2. The zero-order chi connectivity index (χ0) is 25.2. The average molecular weight is 498 g/mol. The van der Waals surface area contributed by atoms with Crippen LogP contribution in [0.3, 0.4) is 0 Å². The fourth-order valence-corrected chi connectivity index (χ4v) is 5.42. The minimum Gasteiger partial charge on any atom is -0.398 e. The van der Waals surface area contributed by atoms with Crippen LogP contribution >= 0.6 is 0 Å². The van der Waals surface area contributed by atoms with Crippen LogP contribution in [0.25, 0.3) is 16.9 Å². The molecule has 1 aliphatic heterocycles. The van der Waals surface area contributed by atoms with Crippen molar-refractivity contribution in [3.63, 3.8) is 0 Å². The lowest BCUT2D eigenvalue weighted by Gasteiger charge is -2.29. The molecule has 2 aliphatic rings. The van der Waals surface area contributed by atoms with Crippen LogP contribution in [0.1, 0.15) is 55.3 Å². The van der Waals surface area contributed by atoms with Gasteiger partial charge in [-0.25, -0.2) is 9.67 Å². The lowest BCUT2D eigenvalue weighted by molar-refractivity contribution is 0.301. The van der Waals surface area contributed by atoms with Crippen molar-refractivity contribution in [3.8, 4) is 11.3 Å². The lowest BCUT2D eigenvalue weighted by atomic mass is 9.85. The summed E-state index contributed by atoms with van der Waals surface area (Å²) in [6, 6.07) is 8.29. The van der Waals surface area contributed by atoms with Crippen LogP contribution in [0.5, 0.6) is 0 Å². The van der Waals surface area contributed by atoms with Crippen LogP contribution in [0.4, 0.5) is 11.4 Å². The Kier molecular flexibility index (Phi) is 6.61. The molecular formula is C28H35N9. The molecule has 1 aliphatic carbocycles. The Morgan fingerprint density at radius 3 is 2.70 bits per heavy atom. The molecule has 0 atom stereocenters. The van der Waals surface area contributed by atoms with Crippen LogP contribution in [-0.2, 0) is 13.1 Å². The third kappa shape index (κ3) is 5.09. The van der Waals surface area contributed by atoms with Gasteiger partial charge < -0.3 is 25.8 Å². The number of piperidine rings is 1. The predicted molar refractivity (Wildman–Crippen MR) is 147 cm³/mol. The van der Waals surface area contributed by atoms with E-state index < -0.39 is 0 Å². The second-order valence-electron chi connectivity index (χ2n) is 10.5. The Labute approximate surface area is 217 Å². The van der Waals surface area contributed by atoms with Crippen molar-refractivity contribution in [1.82, 2.24) is 29.7 Å². The fraction of sp³-hybridized carbons (Fsp3) is 0.429. The SMILES string of the molecule is N=Cc1c(N)cc(N2CCCCC2)cc1-c1cn(Cc2cn3cc(CNCC4CCC4)ccc3n2)nn1. The normalized spacial score (nSPS) is 16.3. The minimum atomic E-state index is 0.519. The molecule has 4 heterocycles. The Bertz CT molecular complexity index is 1390.